The van der Waals surface area contributed by atoms with Crippen molar-refractivity contribution in [2.24, 2.45) is 0 Å². The Kier molecular flexibility index (Phi) is 2.26. The zero-order chi connectivity index (χ0) is 12.5. The first-order valence-corrected chi connectivity index (χ1v) is 5.30. The normalized spacial score (nSPS) is 10.7. The zero-order valence-electron chi connectivity index (χ0n) is 9.29. The molecule has 0 atom stereocenters. The molecule has 0 bridgehead atoms. The molecule has 6 nitrogen and oxygen atoms in total. The van der Waals surface area contributed by atoms with E-state index in [2.05, 4.69) is 19.9 Å². The molecule has 0 saturated carbocycles. The molecular weight excluding hydrogens is 230 g/mol. The number of aromatic nitrogens is 4. The van der Waals surface area contributed by atoms with Crippen LogP contribution in [-0.4, -0.2) is 25.7 Å². The Bertz CT molecular complexity index is 701. The number of ketones is 1. The predicted molar refractivity (Wildman–Crippen MR) is 66.0 cm³/mol. The van der Waals surface area contributed by atoms with E-state index in [9.17, 15) is 4.79 Å². The van der Waals surface area contributed by atoms with Gasteiger partial charge < -0.3 is 10.7 Å². The number of nitrogens with zero attached hydrogens (tertiary/aromatic N) is 3. The van der Waals surface area contributed by atoms with Gasteiger partial charge in [-0.15, -0.1) is 0 Å². The number of anilines is 1. The summed E-state index contributed by atoms with van der Waals surface area (Å²) >= 11 is 0. The van der Waals surface area contributed by atoms with Crippen molar-refractivity contribution in [2.75, 3.05) is 5.73 Å². The van der Waals surface area contributed by atoms with Gasteiger partial charge in [-0.05, 0) is 12.1 Å². The van der Waals surface area contributed by atoms with Crippen LogP contribution in [0.3, 0.4) is 0 Å². The van der Waals surface area contributed by atoms with Crippen molar-refractivity contribution >= 4 is 22.6 Å². The molecule has 88 valence electrons. The number of carbonyl (C=O) groups excluding carboxylic acids is 1. The van der Waals surface area contributed by atoms with Gasteiger partial charge in [0.05, 0.1) is 6.20 Å². The lowest BCUT2D eigenvalue weighted by atomic mass is 10.1. The number of H-pyrrole nitrogens is 1. The molecule has 0 radical (unpaired) electrons. The van der Waals surface area contributed by atoms with E-state index in [1.54, 1.807) is 30.5 Å². The lowest BCUT2D eigenvalue weighted by Crippen LogP contribution is -2.06. The fourth-order valence-corrected chi connectivity index (χ4v) is 1.70. The molecule has 6 heteroatoms. The minimum atomic E-state index is -0.258. The van der Waals surface area contributed by atoms with Crippen LogP contribution < -0.4 is 5.73 Å². The number of aromatic amines is 1. The van der Waals surface area contributed by atoms with Gasteiger partial charge in [0, 0.05) is 11.3 Å². The molecule has 0 aliphatic heterocycles. The number of nitrogens with two attached hydrogens (primary N) is 1. The van der Waals surface area contributed by atoms with Crippen molar-refractivity contribution in [2.45, 2.75) is 0 Å². The number of nitrogens with one attached hydrogen (secondary N) is 1. The van der Waals surface area contributed by atoms with Crippen molar-refractivity contribution in [3.8, 4) is 0 Å². The van der Waals surface area contributed by atoms with Crippen molar-refractivity contribution in [3.63, 3.8) is 0 Å². The molecule has 0 fully saturated rings. The van der Waals surface area contributed by atoms with Gasteiger partial charge in [-0.2, -0.15) is 0 Å². The summed E-state index contributed by atoms with van der Waals surface area (Å²) in [6, 6.07) is 6.87. The van der Waals surface area contributed by atoms with Crippen LogP contribution in [0.4, 0.5) is 5.69 Å². The second-order valence-electron chi connectivity index (χ2n) is 3.76. The number of hydrogen-bond donors (Lipinski definition) is 2. The second kappa shape index (κ2) is 3.92. The Morgan fingerprint density at radius 3 is 2.89 bits per heavy atom. The molecule has 3 N–H and O–H groups in total. The van der Waals surface area contributed by atoms with Crippen molar-refractivity contribution in [1.82, 2.24) is 19.9 Å². The van der Waals surface area contributed by atoms with Gasteiger partial charge in [-0.3, -0.25) is 4.79 Å². The summed E-state index contributed by atoms with van der Waals surface area (Å²) in [6.45, 7) is 0. The smallest absolute Gasteiger partial charge is 0.230 e. The summed E-state index contributed by atoms with van der Waals surface area (Å²) in [5.41, 5.74) is 7.69. The highest BCUT2D eigenvalue weighted by Crippen LogP contribution is 2.16. The van der Waals surface area contributed by atoms with Crippen LogP contribution >= 0.6 is 0 Å². The summed E-state index contributed by atoms with van der Waals surface area (Å²) in [5.74, 6) is -0.0468. The first-order valence-electron chi connectivity index (χ1n) is 5.30. The van der Waals surface area contributed by atoms with E-state index in [4.69, 9.17) is 5.73 Å². The number of carbonyl (C=O) groups is 1. The van der Waals surface area contributed by atoms with Crippen molar-refractivity contribution < 1.29 is 4.79 Å². The summed E-state index contributed by atoms with van der Waals surface area (Å²) in [5, 5.41) is 0. The van der Waals surface area contributed by atoms with Gasteiger partial charge in [-0.25, -0.2) is 15.0 Å². The number of rotatable bonds is 2. The minimum Gasteiger partial charge on any atom is -0.398 e. The maximum absolute atomic E-state index is 12.2. The number of benzene rings is 1. The topological polar surface area (TPSA) is 97.6 Å². The van der Waals surface area contributed by atoms with E-state index in [1.807, 2.05) is 0 Å². The molecule has 3 aromatic rings. The SMILES string of the molecule is Nc1ccccc1C(=O)c1nc2ncncc2[nH]1. The highest BCUT2D eigenvalue weighted by atomic mass is 16.1. The van der Waals surface area contributed by atoms with Crippen LogP contribution in [0.5, 0.6) is 0 Å². The van der Waals surface area contributed by atoms with Crippen LogP contribution in [0, 0.1) is 0 Å². The van der Waals surface area contributed by atoms with Gasteiger partial charge >= 0.3 is 0 Å². The lowest BCUT2D eigenvalue weighted by Gasteiger charge is -2.00. The number of hydrogen-bond acceptors (Lipinski definition) is 5. The zero-order valence-corrected chi connectivity index (χ0v) is 9.29. The highest BCUT2D eigenvalue weighted by Gasteiger charge is 2.16. The van der Waals surface area contributed by atoms with Crippen LogP contribution in [0.2, 0.25) is 0 Å². The number of fused-ring (bicyclic) bond motifs is 1. The fourth-order valence-electron chi connectivity index (χ4n) is 1.70. The maximum atomic E-state index is 12.2. The Morgan fingerprint density at radius 1 is 1.28 bits per heavy atom. The monoisotopic (exact) mass is 239 g/mol. The molecule has 2 aromatic heterocycles. The first-order chi connectivity index (χ1) is 8.75. The van der Waals surface area contributed by atoms with Crippen LogP contribution in [0.15, 0.2) is 36.8 Å². The standard InChI is InChI=1S/C12H9N5O/c13-8-4-2-1-3-7(8)10(18)12-16-9-5-14-6-15-11(9)17-12/h1-6H,13H2,(H,14,15,16,17). The van der Waals surface area contributed by atoms with Gasteiger partial charge in [0.2, 0.25) is 5.78 Å². The second-order valence-corrected chi connectivity index (χ2v) is 3.76. The largest absolute Gasteiger partial charge is 0.398 e. The summed E-state index contributed by atoms with van der Waals surface area (Å²) in [6.07, 6.45) is 2.95. The minimum absolute atomic E-state index is 0.211. The Balaban J connectivity index is 2.10. The molecule has 0 spiro atoms. The molecule has 0 aliphatic carbocycles. The predicted octanol–water partition coefficient (Wildman–Crippen LogP) is 1.17. The Hall–Kier alpha value is -2.76. The number of nitrogen functional groups attached to an aromatic ring is 1. The maximum Gasteiger partial charge on any atom is 0.230 e. The summed E-state index contributed by atoms with van der Waals surface area (Å²) in [7, 11) is 0. The van der Waals surface area contributed by atoms with Gasteiger partial charge in [0.25, 0.3) is 0 Å². The molecule has 1 aromatic carbocycles. The van der Waals surface area contributed by atoms with E-state index >= 15 is 0 Å². The van der Waals surface area contributed by atoms with Crippen LogP contribution in [0.25, 0.3) is 11.2 Å². The van der Waals surface area contributed by atoms with E-state index in [0.29, 0.717) is 22.4 Å². The molecular formula is C12H9N5O. The average Bonchev–Trinajstić information content (AvgIpc) is 2.82. The Labute approximate surface area is 102 Å². The molecule has 3 rings (SSSR count). The molecule has 2 heterocycles. The molecule has 18 heavy (non-hydrogen) atoms. The summed E-state index contributed by atoms with van der Waals surface area (Å²) < 4.78 is 0. The Morgan fingerprint density at radius 2 is 2.11 bits per heavy atom. The first kappa shape index (κ1) is 10.4. The fraction of sp³-hybridized carbons (Fsp3) is 0. The van der Waals surface area contributed by atoms with Crippen molar-refractivity contribution in [3.05, 3.63) is 48.2 Å². The third-order valence-electron chi connectivity index (χ3n) is 2.58. The van der Waals surface area contributed by atoms with Crippen molar-refractivity contribution in [1.29, 1.82) is 0 Å². The molecule has 0 unspecified atom stereocenters. The van der Waals surface area contributed by atoms with E-state index in [-0.39, 0.29) is 11.6 Å². The number of para-hydroxylation sites is 1. The molecule has 0 aliphatic rings. The highest BCUT2D eigenvalue weighted by molar-refractivity contribution is 6.10. The van der Waals surface area contributed by atoms with Gasteiger partial charge in [0.15, 0.2) is 11.5 Å². The third kappa shape index (κ3) is 1.60. The van der Waals surface area contributed by atoms with E-state index in [1.165, 1.54) is 6.33 Å². The summed E-state index contributed by atoms with van der Waals surface area (Å²) in [4.78, 5) is 27.0. The van der Waals surface area contributed by atoms with E-state index < -0.39 is 0 Å². The lowest BCUT2D eigenvalue weighted by molar-refractivity contribution is 0.103. The van der Waals surface area contributed by atoms with Gasteiger partial charge in [0.1, 0.15) is 11.8 Å². The molecule has 0 amide bonds. The quantitative estimate of drug-likeness (QED) is 0.516. The van der Waals surface area contributed by atoms with Crippen LogP contribution in [-0.2, 0) is 0 Å². The van der Waals surface area contributed by atoms with E-state index in [0.717, 1.165) is 0 Å². The molecule has 0 saturated heterocycles. The van der Waals surface area contributed by atoms with Gasteiger partial charge in [-0.1, -0.05) is 12.1 Å². The van der Waals surface area contributed by atoms with Crippen LogP contribution in [0.1, 0.15) is 16.2 Å². The number of imidazole rings is 1. The third-order valence-corrected chi connectivity index (χ3v) is 2.58. The average molecular weight is 239 g/mol.